The molecule has 0 saturated carbocycles. The number of nitrogens with zero attached hydrogens (tertiary/aromatic N) is 1. The Morgan fingerprint density at radius 1 is 0.875 bits per heavy atom. The first-order valence-electron chi connectivity index (χ1n) is 11.8. The average Bonchev–Trinajstić information content (AvgIpc) is 2.86. The molecule has 0 spiro atoms. The monoisotopic (exact) mass is 430 g/mol. The molecule has 4 heteroatoms. The molecule has 1 unspecified atom stereocenters. The van der Waals surface area contributed by atoms with Crippen LogP contribution in [0.5, 0.6) is 11.5 Å². The van der Waals surface area contributed by atoms with Crippen molar-refractivity contribution in [3.63, 3.8) is 0 Å². The second-order valence-corrected chi connectivity index (χ2v) is 8.19. The molecular formula is C28H34N2O2. The van der Waals surface area contributed by atoms with E-state index in [0.717, 1.165) is 50.7 Å². The number of nitrogens with one attached hydrogen (secondary N) is 1. The summed E-state index contributed by atoms with van der Waals surface area (Å²) in [6, 6.07) is 25.3. The Hall–Kier alpha value is -2.82. The van der Waals surface area contributed by atoms with Crippen LogP contribution in [0.3, 0.4) is 0 Å². The Balaban J connectivity index is 1.48. The van der Waals surface area contributed by atoms with Gasteiger partial charge >= 0.3 is 0 Å². The number of hydrogen-bond acceptors (Lipinski definition) is 4. The summed E-state index contributed by atoms with van der Waals surface area (Å²) in [5.74, 6) is 1.89. The summed E-state index contributed by atoms with van der Waals surface area (Å²) in [6.45, 7) is 9.68. The fourth-order valence-corrected chi connectivity index (χ4v) is 4.33. The molecule has 0 radical (unpaired) electrons. The third-order valence-corrected chi connectivity index (χ3v) is 6.21. The highest BCUT2D eigenvalue weighted by molar-refractivity contribution is 5.47. The highest BCUT2D eigenvalue weighted by atomic mass is 16.5. The lowest BCUT2D eigenvalue weighted by Crippen LogP contribution is -2.31. The minimum atomic E-state index is 0.121. The quantitative estimate of drug-likeness (QED) is 0.478. The van der Waals surface area contributed by atoms with Crippen LogP contribution in [0.25, 0.3) is 0 Å². The third-order valence-electron chi connectivity index (χ3n) is 6.21. The first-order chi connectivity index (χ1) is 15.8. The molecule has 1 heterocycles. The van der Waals surface area contributed by atoms with Crippen molar-refractivity contribution in [2.24, 2.45) is 0 Å². The molecule has 0 aromatic heterocycles. The SMILES string of the molecule is CCN(CC)CCOc1ccc2c(c1)CCNC2c1ccccc1OCc1ccccc1. The van der Waals surface area contributed by atoms with E-state index in [1.807, 2.05) is 24.3 Å². The lowest BCUT2D eigenvalue weighted by atomic mass is 9.89. The van der Waals surface area contributed by atoms with E-state index in [2.05, 4.69) is 72.6 Å². The van der Waals surface area contributed by atoms with Crippen LogP contribution in [0.2, 0.25) is 0 Å². The van der Waals surface area contributed by atoms with Crippen LogP contribution < -0.4 is 14.8 Å². The number of para-hydroxylation sites is 1. The first kappa shape index (κ1) is 22.4. The van der Waals surface area contributed by atoms with E-state index in [4.69, 9.17) is 9.47 Å². The van der Waals surface area contributed by atoms with Crippen LogP contribution in [-0.4, -0.2) is 37.7 Å². The van der Waals surface area contributed by atoms with Gasteiger partial charge in [-0.1, -0.05) is 68.4 Å². The van der Waals surface area contributed by atoms with Gasteiger partial charge in [0.1, 0.15) is 24.7 Å². The highest BCUT2D eigenvalue weighted by Crippen LogP contribution is 2.35. The van der Waals surface area contributed by atoms with Crippen molar-refractivity contribution in [3.05, 3.63) is 95.1 Å². The molecule has 168 valence electrons. The predicted molar refractivity (Wildman–Crippen MR) is 130 cm³/mol. The zero-order chi connectivity index (χ0) is 22.2. The Morgan fingerprint density at radius 3 is 2.47 bits per heavy atom. The minimum absolute atomic E-state index is 0.121. The average molecular weight is 431 g/mol. The lowest BCUT2D eigenvalue weighted by Gasteiger charge is -2.29. The maximum Gasteiger partial charge on any atom is 0.124 e. The molecule has 1 aliphatic rings. The maximum atomic E-state index is 6.24. The fraction of sp³-hybridized carbons (Fsp3) is 0.357. The molecule has 3 aromatic rings. The molecular weight excluding hydrogens is 396 g/mol. The van der Waals surface area contributed by atoms with Crippen molar-refractivity contribution < 1.29 is 9.47 Å². The zero-order valence-electron chi connectivity index (χ0n) is 19.2. The number of benzene rings is 3. The largest absolute Gasteiger partial charge is 0.492 e. The highest BCUT2D eigenvalue weighted by Gasteiger charge is 2.24. The smallest absolute Gasteiger partial charge is 0.124 e. The zero-order valence-corrected chi connectivity index (χ0v) is 19.2. The van der Waals surface area contributed by atoms with E-state index < -0.39 is 0 Å². The first-order valence-corrected chi connectivity index (χ1v) is 11.8. The van der Waals surface area contributed by atoms with E-state index in [0.29, 0.717) is 6.61 Å². The fourth-order valence-electron chi connectivity index (χ4n) is 4.33. The van der Waals surface area contributed by atoms with Crippen molar-refractivity contribution >= 4 is 0 Å². The van der Waals surface area contributed by atoms with Crippen molar-refractivity contribution in [2.45, 2.75) is 32.9 Å². The van der Waals surface area contributed by atoms with Gasteiger partial charge in [0, 0.05) is 18.7 Å². The number of likely N-dealkylation sites (N-methyl/N-ethyl adjacent to an activating group) is 1. The van der Waals surface area contributed by atoms with Crippen molar-refractivity contribution in [3.8, 4) is 11.5 Å². The van der Waals surface area contributed by atoms with Crippen molar-refractivity contribution in [1.29, 1.82) is 0 Å². The van der Waals surface area contributed by atoms with Gasteiger partial charge in [0.25, 0.3) is 0 Å². The maximum absolute atomic E-state index is 6.24. The minimum Gasteiger partial charge on any atom is -0.492 e. The Morgan fingerprint density at radius 2 is 1.66 bits per heavy atom. The van der Waals surface area contributed by atoms with Gasteiger partial charge in [-0.3, -0.25) is 0 Å². The third kappa shape index (κ3) is 5.50. The predicted octanol–water partition coefficient (Wildman–Crippen LogP) is 5.22. The van der Waals surface area contributed by atoms with Gasteiger partial charge in [-0.05, 0) is 54.4 Å². The summed E-state index contributed by atoms with van der Waals surface area (Å²) >= 11 is 0. The summed E-state index contributed by atoms with van der Waals surface area (Å²) in [4.78, 5) is 2.38. The molecule has 4 rings (SSSR count). The summed E-state index contributed by atoms with van der Waals surface area (Å²) in [6.07, 6.45) is 1.01. The van der Waals surface area contributed by atoms with Crippen LogP contribution in [0, 0.1) is 0 Å². The van der Waals surface area contributed by atoms with E-state index in [1.54, 1.807) is 0 Å². The van der Waals surface area contributed by atoms with E-state index in [1.165, 1.54) is 22.3 Å². The van der Waals surface area contributed by atoms with Crippen LogP contribution >= 0.6 is 0 Å². The molecule has 0 aliphatic carbocycles. The van der Waals surface area contributed by atoms with Gasteiger partial charge in [-0.25, -0.2) is 0 Å². The van der Waals surface area contributed by atoms with Crippen molar-refractivity contribution in [1.82, 2.24) is 10.2 Å². The molecule has 3 aromatic carbocycles. The lowest BCUT2D eigenvalue weighted by molar-refractivity contribution is 0.222. The normalized spacial score (nSPS) is 15.4. The van der Waals surface area contributed by atoms with Crippen LogP contribution in [0.1, 0.15) is 42.1 Å². The van der Waals surface area contributed by atoms with E-state index in [-0.39, 0.29) is 6.04 Å². The molecule has 1 atom stereocenters. The number of fused-ring (bicyclic) bond motifs is 1. The summed E-state index contributed by atoms with van der Waals surface area (Å²) in [5, 5.41) is 3.70. The van der Waals surface area contributed by atoms with Crippen molar-refractivity contribution in [2.75, 3.05) is 32.8 Å². The molecule has 4 nitrogen and oxygen atoms in total. The molecule has 0 fully saturated rings. The van der Waals surface area contributed by atoms with Crippen LogP contribution in [0.4, 0.5) is 0 Å². The molecule has 0 bridgehead atoms. The van der Waals surface area contributed by atoms with E-state index in [9.17, 15) is 0 Å². The molecule has 0 saturated heterocycles. The molecule has 1 N–H and O–H groups in total. The molecule has 1 aliphatic heterocycles. The van der Waals surface area contributed by atoms with Gasteiger partial charge < -0.3 is 19.7 Å². The number of ether oxygens (including phenoxy) is 2. The Kier molecular flexibility index (Phi) is 7.81. The van der Waals surface area contributed by atoms with Gasteiger partial charge in [-0.2, -0.15) is 0 Å². The molecule has 0 amide bonds. The summed E-state index contributed by atoms with van der Waals surface area (Å²) < 4.78 is 12.3. The van der Waals surface area contributed by atoms with Gasteiger partial charge in [0.15, 0.2) is 0 Å². The number of hydrogen-bond donors (Lipinski definition) is 1. The Bertz CT molecular complexity index is 986. The van der Waals surface area contributed by atoms with E-state index >= 15 is 0 Å². The second-order valence-electron chi connectivity index (χ2n) is 8.19. The summed E-state index contributed by atoms with van der Waals surface area (Å²) in [7, 11) is 0. The topological polar surface area (TPSA) is 33.7 Å². The van der Waals surface area contributed by atoms with Gasteiger partial charge in [0.2, 0.25) is 0 Å². The van der Waals surface area contributed by atoms with Gasteiger partial charge in [0.05, 0.1) is 6.04 Å². The van der Waals surface area contributed by atoms with Gasteiger partial charge in [-0.15, -0.1) is 0 Å². The number of rotatable bonds is 10. The van der Waals surface area contributed by atoms with Crippen LogP contribution in [0.15, 0.2) is 72.8 Å². The Labute approximate surface area is 192 Å². The standard InChI is InChI=1S/C28H34N2O2/c1-3-30(4-2)18-19-31-24-14-15-25-23(20-24)16-17-29-28(25)26-12-8-9-13-27(26)32-21-22-10-6-5-7-11-22/h5-15,20,28-29H,3-4,16-19,21H2,1-2H3. The summed E-state index contributed by atoms with van der Waals surface area (Å²) in [5.41, 5.74) is 5.01. The van der Waals surface area contributed by atoms with Crippen LogP contribution in [-0.2, 0) is 13.0 Å². The second kappa shape index (κ2) is 11.2. The molecule has 32 heavy (non-hydrogen) atoms.